The van der Waals surface area contributed by atoms with Gasteiger partial charge in [-0.3, -0.25) is 4.98 Å². The lowest BCUT2D eigenvalue weighted by Gasteiger charge is -2.39. The number of aryl methyl sites for hydroxylation is 1. The van der Waals surface area contributed by atoms with E-state index in [1.807, 2.05) is 23.9 Å². The molecular formula is C53H35N3S. The summed E-state index contributed by atoms with van der Waals surface area (Å²) in [5.41, 5.74) is 17.4. The molecule has 0 saturated carbocycles. The molecule has 57 heavy (non-hydrogen) atoms. The summed E-state index contributed by atoms with van der Waals surface area (Å²) in [5, 5.41) is 0. The maximum absolute atomic E-state index is 5.33. The number of benzene rings is 7. The largest absolute Gasteiger partial charge is 0.252 e. The normalized spacial score (nSPS) is 13.1. The van der Waals surface area contributed by atoms with Crippen LogP contribution in [-0.4, -0.2) is 15.0 Å². The lowest BCUT2D eigenvalue weighted by molar-refractivity contribution is 0.722. The standard InChI is InChI=1S/C53H35N3S/c1-34-40(30-31-47(54-34)36-14-4-2-5-15-36)35-24-26-38(27-25-35)49-33-48(37-16-6-3-7-17-37)55-52(56-49)39-28-29-42-41-18-8-9-19-43(41)53(46(42)32-39)44-20-10-12-22-50(44)57-51-23-13-11-21-45(51)53/h2-33H,1H3. The Bertz CT molecular complexity index is 2950. The van der Waals surface area contributed by atoms with Crippen molar-refractivity contribution >= 4 is 11.8 Å². The Morgan fingerprint density at radius 2 is 0.842 bits per heavy atom. The van der Waals surface area contributed by atoms with Crippen molar-refractivity contribution in [3.05, 3.63) is 222 Å². The second-order valence-electron chi connectivity index (χ2n) is 14.8. The molecule has 1 aliphatic carbocycles. The number of hydrogen-bond donors (Lipinski definition) is 0. The van der Waals surface area contributed by atoms with Crippen molar-refractivity contribution in [1.82, 2.24) is 15.0 Å². The van der Waals surface area contributed by atoms with Gasteiger partial charge in [-0.25, -0.2) is 9.97 Å². The van der Waals surface area contributed by atoms with Gasteiger partial charge >= 0.3 is 0 Å². The number of hydrogen-bond acceptors (Lipinski definition) is 4. The molecule has 7 aromatic carbocycles. The van der Waals surface area contributed by atoms with Crippen molar-refractivity contribution in [2.24, 2.45) is 0 Å². The van der Waals surface area contributed by atoms with Gasteiger partial charge in [0.2, 0.25) is 0 Å². The maximum Gasteiger partial charge on any atom is 0.160 e. The highest BCUT2D eigenvalue weighted by atomic mass is 32.2. The molecule has 2 aromatic heterocycles. The average Bonchev–Trinajstić information content (AvgIpc) is 3.57. The second kappa shape index (κ2) is 13.4. The molecule has 2 aliphatic rings. The first-order valence-electron chi connectivity index (χ1n) is 19.4. The number of fused-ring (bicyclic) bond motifs is 9. The zero-order valence-corrected chi connectivity index (χ0v) is 32.0. The summed E-state index contributed by atoms with van der Waals surface area (Å²) in [6.45, 7) is 2.08. The molecule has 0 saturated heterocycles. The highest BCUT2D eigenvalue weighted by Gasteiger charge is 2.50. The number of nitrogens with zero attached hydrogens (tertiary/aromatic N) is 3. The summed E-state index contributed by atoms with van der Waals surface area (Å²) in [5.74, 6) is 0.702. The van der Waals surface area contributed by atoms with E-state index < -0.39 is 5.41 Å². The molecule has 4 heteroatoms. The molecule has 0 radical (unpaired) electrons. The van der Waals surface area contributed by atoms with Crippen molar-refractivity contribution in [3.63, 3.8) is 0 Å². The molecule has 268 valence electrons. The minimum atomic E-state index is -0.470. The van der Waals surface area contributed by atoms with Crippen LogP contribution in [0.3, 0.4) is 0 Å². The molecule has 1 aliphatic heterocycles. The molecule has 1 spiro atoms. The average molecular weight is 746 g/mol. The first-order chi connectivity index (χ1) is 28.1. The van der Waals surface area contributed by atoms with Crippen molar-refractivity contribution in [1.29, 1.82) is 0 Å². The van der Waals surface area contributed by atoms with Gasteiger partial charge in [-0.15, -0.1) is 0 Å². The van der Waals surface area contributed by atoms with Gasteiger partial charge in [-0.1, -0.05) is 176 Å². The van der Waals surface area contributed by atoms with Crippen LogP contribution < -0.4 is 0 Å². The molecule has 3 heterocycles. The van der Waals surface area contributed by atoms with E-state index in [1.54, 1.807) is 0 Å². The zero-order valence-electron chi connectivity index (χ0n) is 31.2. The van der Waals surface area contributed by atoms with Crippen molar-refractivity contribution in [2.75, 3.05) is 0 Å². The van der Waals surface area contributed by atoms with E-state index in [0.717, 1.165) is 56.2 Å². The van der Waals surface area contributed by atoms with Gasteiger partial charge in [0.1, 0.15) is 0 Å². The fourth-order valence-corrected chi connectivity index (χ4v) is 10.1. The van der Waals surface area contributed by atoms with Gasteiger partial charge in [0.25, 0.3) is 0 Å². The minimum Gasteiger partial charge on any atom is -0.252 e. The van der Waals surface area contributed by atoms with Crippen LogP contribution in [0.2, 0.25) is 0 Å². The van der Waals surface area contributed by atoms with E-state index in [1.165, 1.54) is 43.2 Å². The predicted molar refractivity (Wildman–Crippen MR) is 233 cm³/mol. The van der Waals surface area contributed by atoms with Crippen molar-refractivity contribution < 1.29 is 0 Å². The van der Waals surface area contributed by atoms with Gasteiger partial charge < -0.3 is 0 Å². The van der Waals surface area contributed by atoms with E-state index in [2.05, 4.69) is 189 Å². The molecule has 11 rings (SSSR count). The van der Waals surface area contributed by atoms with E-state index in [-0.39, 0.29) is 0 Å². The first-order valence-corrected chi connectivity index (χ1v) is 20.2. The third kappa shape index (κ3) is 5.40. The predicted octanol–water partition coefficient (Wildman–Crippen LogP) is 13.3. The molecule has 9 aromatic rings. The van der Waals surface area contributed by atoms with Crippen LogP contribution in [0.1, 0.15) is 27.9 Å². The van der Waals surface area contributed by atoms with Crippen LogP contribution in [0.25, 0.3) is 67.4 Å². The third-order valence-corrected chi connectivity index (χ3v) is 12.7. The molecule has 0 amide bonds. The van der Waals surface area contributed by atoms with E-state index in [0.29, 0.717) is 5.82 Å². The van der Waals surface area contributed by atoms with E-state index in [4.69, 9.17) is 15.0 Å². The molecule has 0 fully saturated rings. The fraction of sp³-hybridized carbons (Fsp3) is 0.0377. The van der Waals surface area contributed by atoms with Gasteiger partial charge in [-0.2, -0.15) is 0 Å². The van der Waals surface area contributed by atoms with Crippen LogP contribution in [0, 0.1) is 6.92 Å². The quantitative estimate of drug-likeness (QED) is 0.176. The van der Waals surface area contributed by atoms with Crippen molar-refractivity contribution in [3.8, 4) is 67.4 Å². The number of aromatic nitrogens is 3. The molecule has 0 unspecified atom stereocenters. The summed E-state index contributed by atoms with van der Waals surface area (Å²) < 4.78 is 0. The Morgan fingerprint density at radius 3 is 1.49 bits per heavy atom. The summed E-state index contributed by atoms with van der Waals surface area (Å²) in [6.07, 6.45) is 0. The minimum absolute atomic E-state index is 0.470. The molecule has 0 atom stereocenters. The van der Waals surface area contributed by atoms with Gasteiger partial charge in [-0.05, 0) is 76.2 Å². The lowest BCUT2D eigenvalue weighted by atomic mass is 9.67. The Balaban J connectivity index is 1.05. The van der Waals surface area contributed by atoms with Crippen molar-refractivity contribution in [2.45, 2.75) is 22.1 Å². The SMILES string of the molecule is Cc1nc(-c2ccccc2)ccc1-c1ccc(-c2cc(-c3ccccc3)nc(-c3ccc4c(c3)C3(c5ccccc5Sc5ccccc53)c3ccccc3-4)n2)cc1. The van der Waals surface area contributed by atoms with Gasteiger partial charge in [0.15, 0.2) is 5.82 Å². The Kier molecular flexibility index (Phi) is 7.87. The van der Waals surface area contributed by atoms with Crippen LogP contribution in [-0.2, 0) is 5.41 Å². The van der Waals surface area contributed by atoms with Gasteiger partial charge in [0, 0.05) is 43.3 Å². The summed E-state index contributed by atoms with van der Waals surface area (Å²) >= 11 is 1.86. The Morgan fingerprint density at radius 1 is 0.351 bits per heavy atom. The summed E-state index contributed by atoms with van der Waals surface area (Å²) in [4.78, 5) is 18.2. The first kappa shape index (κ1) is 33.5. The molecular weight excluding hydrogens is 711 g/mol. The van der Waals surface area contributed by atoms with E-state index in [9.17, 15) is 0 Å². The Labute approximate surface area is 336 Å². The van der Waals surface area contributed by atoms with Gasteiger partial charge in [0.05, 0.1) is 22.5 Å². The lowest BCUT2D eigenvalue weighted by Crippen LogP contribution is -2.31. The third-order valence-electron chi connectivity index (χ3n) is 11.5. The summed E-state index contributed by atoms with van der Waals surface area (Å²) in [7, 11) is 0. The van der Waals surface area contributed by atoms with Crippen LogP contribution in [0.4, 0.5) is 0 Å². The Hall–Kier alpha value is -6.88. The fourth-order valence-electron chi connectivity index (χ4n) is 8.93. The maximum atomic E-state index is 5.33. The number of rotatable bonds is 5. The smallest absolute Gasteiger partial charge is 0.160 e. The summed E-state index contributed by atoms with van der Waals surface area (Å²) in [6, 6.07) is 69.5. The van der Waals surface area contributed by atoms with E-state index >= 15 is 0 Å². The topological polar surface area (TPSA) is 38.7 Å². The zero-order chi connectivity index (χ0) is 37.9. The monoisotopic (exact) mass is 745 g/mol. The second-order valence-corrected chi connectivity index (χ2v) is 15.8. The molecule has 3 nitrogen and oxygen atoms in total. The van der Waals surface area contributed by atoms with Crippen LogP contribution in [0.5, 0.6) is 0 Å². The molecule has 0 bridgehead atoms. The van der Waals surface area contributed by atoms with Crippen LogP contribution in [0.15, 0.2) is 204 Å². The highest BCUT2D eigenvalue weighted by Crippen LogP contribution is 2.62. The molecule has 0 N–H and O–H groups in total. The number of pyridine rings is 1. The van der Waals surface area contributed by atoms with Crippen LogP contribution >= 0.6 is 11.8 Å². The highest BCUT2D eigenvalue weighted by molar-refractivity contribution is 7.99.